The summed E-state index contributed by atoms with van der Waals surface area (Å²) in [5.74, 6) is -0.0183. The summed E-state index contributed by atoms with van der Waals surface area (Å²) in [6.45, 7) is 2.54. The van der Waals surface area contributed by atoms with Gasteiger partial charge in [0, 0.05) is 23.5 Å². The Bertz CT molecular complexity index is 1330. The lowest BCUT2D eigenvalue weighted by molar-refractivity contribution is -0.122. The number of nitrogens with zero attached hydrogens (tertiary/aromatic N) is 3. The molecule has 2 heterocycles. The molecule has 0 radical (unpaired) electrons. The highest BCUT2D eigenvalue weighted by atomic mass is 35.5. The molecule has 0 atom stereocenters. The van der Waals surface area contributed by atoms with Gasteiger partial charge in [-0.05, 0) is 72.3 Å². The van der Waals surface area contributed by atoms with Gasteiger partial charge in [-0.3, -0.25) is 9.69 Å². The normalized spacial score (nSPS) is 19.0. The molecule has 3 aromatic carbocycles. The van der Waals surface area contributed by atoms with Crippen LogP contribution in [0.3, 0.4) is 0 Å². The summed E-state index contributed by atoms with van der Waals surface area (Å²) in [5.41, 5.74) is 4.20. The van der Waals surface area contributed by atoms with Gasteiger partial charge in [0.25, 0.3) is 5.91 Å². The maximum absolute atomic E-state index is 13.0. The molecule has 0 aliphatic carbocycles. The molecule has 170 valence electrons. The Morgan fingerprint density at radius 2 is 1.68 bits per heavy atom. The van der Waals surface area contributed by atoms with E-state index in [0.29, 0.717) is 21.6 Å². The number of carbonyl (C=O) groups is 1. The summed E-state index contributed by atoms with van der Waals surface area (Å²) >= 11 is 9.23. The van der Waals surface area contributed by atoms with E-state index in [-0.39, 0.29) is 5.91 Å². The topological polar surface area (TPSA) is 35.9 Å². The average molecular weight is 504 g/mol. The summed E-state index contributed by atoms with van der Waals surface area (Å²) in [6.07, 6.45) is 3.88. The van der Waals surface area contributed by atoms with Crippen LogP contribution in [0.1, 0.15) is 6.92 Å². The third kappa shape index (κ3) is 4.53. The number of carbonyl (C=O) groups excluding carboxylic acids is 1. The van der Waals surface area contributed by atoms with Gasteiger partial charge in [0.15, 0.2) is 5.17 Å². The zero-order valence-corrected chi connectivity index (χ0v) is 21.1. The molecule has 2 aliphatic rings. The number of anilines is 1. The summed E-state index contributed by atoms with van der Waals surface area (Å²) in [7, 11) is 2.01. The lowest BCUT2D eigenvalue weighted by Gasteiger charge is -2.13. The van der Waals surface area contributed by atoms with E-state index in [1.165, 1.54) is 17.3 Å². The zero-order valence-electron chi connectivity index (χ0n) is 18.7. The summed E-state index contributed by atoms with van der Waals surface area (Å²) in [5, 5.41) is 2.46. The smallest absolute Gasteiger partial charge is 0.266 e. The molecule has 0 aromatic heterocycles. The van der Waals surface area contributed by atoms with Crippen molar-refractivity contribution >= 4 is 57.6 Å². The minimum atomic E-state index is -0.0183. The lowest BCUT2D eigenvalue weighted by Crippen LogP contribution is -2.28. The van der Waals surface area contributed by atoms with Crippen LogP contribution in [0.5, 0.6) is 0 Å². The highest BCUT2D eigenvalue weighted by Gasteiger charge is 2.32. The average Bonchev–Trinajstić information content (AvgIpc) is 3.33. The van der Waals surface area contributed by atoms with Crippen molar-refractivity contribution in [2.75, 3.05) is 18.5 Å². The molecule has 1 saturated heterocycles. The number of likely N-dealkylation sites (N-methyl/N-ethyl adjacent to an activating group) is 1. The van der Waals surface area contributed by atoms with Gasteiger partial charge in [-0.15, -0.1) is 0 Å². The molecular weight excluding hydrogens is 482 g/mol. The summed E-state index contributed by atoms with van der Waals surface area (Å²) in [4.78, 5) is 23.4. The van der Waals surface area contributed by atoms with Crippen molar-refractivity contribution in [3.63, 3.8) is 0 Å². The van der Waals surface area contributed by atoms with Crippen LogP contribution in [0.2, 0.25) is 5.02 Å². The van der Waals surface area contributed by atoms with Crippen LogP contribution in [0.15, 0.2) is 105 Å². The quantitative estimate of drug-likeness (QED) is 0.344. The van der Waals surface area contributed by atoms with E-state index >= 15 is 0 Å². The molecular formula is C27H22ClN3OS2. The van der Waals surface area contributed by atoms with Crippen LogP contribution in [0, 0.1) is 0 Å². The standard InChI is InChI=1S/C27H22ClN3OS2/c1-3-31-26(32)24(15-16-25-30(2)22-17-20(28)11-14-23(22)33-25)34-27(31)29-21-12-9-19(10-13-21)18-7-5-4-6-8-18/h4-17H,3H2,1-2H3/b24-15-,25-16+,29-27?. The first-order valence-electron chi connectivity index (χ1n) is 10.9. The van der Waals surface area contributed by atoms with E-state index < -0.39 is 0 Å². The second kappa shape index (κ2) is 9.74. The number of fused-ring (bicyclic) bond motifs is 1. The van der Waals surface area contributed by atoms with Crippen LogP contribution in [0.4, 0.5) is 11.4 Å². The van der Waals surface area contributed by atoms with E-state index in [1.54, 1.807) is 16.7 Å². The minimum Gasteiger partial charge on any atom is -0.338 e. The van der Waals surface area contributed by atoms with Crippen molar-refractivity contribution < 1.29 is 4.79 Å². The van der Waals surface area contributed by atoms with Gasteiger partial charge in [-0.2, -0.15) is 0 Å². The molecule has 4 nitrogen and oxygen atoms in total. The van der Waals surface area contributed by atoms with Gasteiger partial charge in [-0.25, -0.2) is 4.99 Å². The predicted octanol–water partition coefficient (Wildman–Crippen LogP) is 7.56. The Kier molecular flexibility index (Phi) is 6.55. The van der Waals surface area contributed by atoms with Gasteiger partial charge >= 0.3 is 0 Å². The maximum atomic E-state index is 13.0. The van der Waals surface area contributed by atoms with E-state index in [2.05, 4.69) is 29.2 Å². The van der Waals surface area contributed by atoms with Gasteiger partial charge < -0.3 is 4.90 Å². The Morgan fingerprint density at radius 3 is 2.41 bits per heavy atom. The Hall–Kier alpha value is -2.93. The molecule has 2 aliphatic heterocycles. The van der Waals surface area contributed by atoms with Crippen molar-refractivity contribution in [2.45, 2.75) is 11.8 Å². The molecule has 0 N–H and O–H groups in total. The number of amidine groups is 1. The van der Waals surface area contributed by atoms with Crippen molar-refractivity contribution in [3.05, 3.63) is 99.9 Å². The number of amides is 1. The number of rotatable bonds is 4. The first-order valence-corrected chi connectivity index (χ1v) is 12.9. The molecule has 1 amide bonds. The molecule has 5 rings (SSSR count). The number of allylic oxidation sites excluding steroid dienone is 2. The van der Waals surface area contributed by atoms with Crippen LogP contribution in [0.25, 0.3) is 11.1 Å². The second-order valence-corrected chi connectivity index (χ2v) is 10.3. The SMILES string of the molecule is CCN1C(=O)/C(=C/C=C2/Sc3ccc(Cl)cc3N2C)SC1=Nc1ccc(-c2ccccc2)cc1. The highest BCUT2D eigenvalue weighted by molar-refractivity contribution is 8.18. The Labute approximate surface area is 213 Å². The fraction of sp³-hybridized carbons (Fsp3) is 0.111. The molecule has 0 bridgehead atoms. The third-order valence-corrected chi connectivity index (χ3v) is 8.05. The second-order valence-electron chi connectivity index (χ2n) is 7.77. The highest BCUT2D eigenvalue weighted by Crippen LogP contribution is 2.46. The van der Waals surface area contributed by atoms with E-state index in [4.69, 9.17) is 16.6 Å². The monoisotopic (exact) mass is 503 g/mol. The van der Waals surface area contributed by atoms with Gasteiger partial charge in [0.05, 0.1) is 21.3 Å². The van der Waals surface area contributed by atoms with Gasteiger partial charge in [0.2, 0.25) is 0 Å². The van der Waals surface area contributed by atoms with Crippen LogP contribution in [-0.2, 0) is 4.79 Å². The number of hydrogen-bond donors (Lipinski definition) is 0. The number of halogens is 1. The number of hydrogen-bond acceptors (Lipinski definition) is 5. The lowest BCUT2D eigenvalue weighted by atomic mass is 10.1. The third-order valence-electron chi connectivity index (χ3n) is 5.61. The maximum Gasteiger partial charge on any atom is 0.266 e. The van der Waals surface area contributed by atoms with Gasteiger partial charge in [-0.1, -0.05) is 65.8 Å². The first-order chi connectivity index (χ1) is 16.5. The molecule has 34 heavy (non-hydrogen) atoms. The number of aliphatic imine (C=N–C) groups is 1. The summed E-state index contributed by atoms with van der Waals surface area (Å²) in [6, 6.07) is 24.2. The molecule has 0 saturated carbocycles. The number of benzene rings is 3. The molecule has 0 spiro atoms. The van der Waals surface area contributed by atoms with Crippen molar-refractivity contribution in [1.29, 1.82) is 0 Å². The van der Waals surface area contributed by atoms with Crippen LogP contribution < -0.4 is 4.90 Å². The fourth-order valence-electron chi connectivity index (χ4n) is 3.79. The summed E-state index contributed by atoms with van der Waals surface area (Å²) < 4.78 is 0. The van der Waals surface area contributed by atoms with Crippen LogP contribution >= 0.6 is 35.1 Å². The molecule has 1 fully saturated rings. The van der Waals surface area contributed by atoms with E-state index in [0.717, 1.165) is 26.9 Å². The molecule has 3 aromatic rings. The minimum absolute atomic E-state index is 0.0183. The Balaban J connectivity index is 1.37. The number of thioether (sulfide) groups is 2. The zero-order chi connectivity index (χ0) is 23.7. The Morgan fingerprint density at radius 1 is 0.941 bits per heavy atom. The van der Waals surface area contributed by atoms with Crippen molar-refractivity contribution in [3.8, 4) is 11.1 Å². The molecule has 0 unspecified atom stereocenters. The van der Waals surface area contributed by atoms with E-state index in [9.17, 15) is 4.79 Å². The van der Waals surface area contributed by atoms with Gasteiger partial charge in [0.1, 0.15) is 0 Å². The largest absolute Gasteiger partial charge is 0.338 e. The van der Waals surface area contributed by atoms with E-state index in [1.807, 2.05) is 74.7 Å². The predicted molar refractivity (Wildman–Crippen MR) is 146 cm³/mol. The van der Waals surface area contributed by atoms with Crippen LogP contribution in [-0.4, -0.2) is 29.6 Å². The van der Waals surface area contributed by atoms with Crippen molar-refractivity contribution in [2.24, 2.45) is 4.99 Å². The van der Waals surface area contributed by atoms with Crippen molar-refractivity contribution in [1.82, 2.24) is 4.90 Å². The first kappa shape index (κ1) is 22.8. The molecule has 7 heteroatoms. The fourth-order valence-corrected chi connectivity index (χ4v) is 5.99.